The highest BCUT2D eigenvalue weighted by molar-refractivity contribution is 6.13. The van der Waals surface area contributed by atoms with Gasteiger partial charge in [-0.2, -0.15) is 0 Å². The highest BCUT2D eigenvalue weighted by Gasteiger charge is 2.49. The quantitative estimate of drug-likeness (QED) is 0.0572. The first-order valence-electron chi connectivity index (χ1n) is 22.4. The van der Waals surface area contributed by atoms with E-state index in [-0.39, 0.29) is 78.3 Å². The molecular formula is C47H45FN6O17. The van der Waals surface area contributed by atoms with Crippen LogP contribution in [0.25, 0.3) is 22.3 Å². The minimum Gasteiger partial charge on any atom is -0.479 e. The van der Waals surface area contributed by atoms with Gasteiger partial charge < -0.3 is 65.0 Å². The fourth-order valence-electron chi connectivity index (χ4n) is 9.50. The number of carbonyl (C=O) groups excluding carboxylic acids is 6. The minimum atomic E-state index is -2.09. The summed E-state index contributed by atoms with van der Waals surface area (Å²) in [5.41, 5.74) is 0.608. The molecule has 8 N–H and O–H groups in total. The molecule has 5 aliphatic rings. The number of rotatable bonds is 13. The number of ether oxygens (including phenoxy) is 4. The van der Waals surface area contributed by atoms with Crippen LogP contribution < -0.4 is 26.2 Å². The molecule has 0 spiro atoms. The van der Waals surface area contributed by atoms with Crippen LogP contribution >= 0.6 is 0 Å². The Morgan fingerprint density at radius 3 is 2.44 bits per heavy atom. The van der Waals surface area contributed by atoms with Crippen molar-refractivity contribution in [1.82, 2.24) is 25.1 Å². The van der Waals surface area contributed by atoms with Gasteiger partial charge in [0.25, 0.3) is 17.4 Å². The number of nitrogens with one attached hydrogen (secondary N) is 3. The van der Waals surface area contributed by atoms with Crippen LogP contribution in [0.2, 0.25) is 0 Å². The summed E-state index contributed by atoms with van der Waals surface area (Å²) in [7, 11) is 0. The minimum absolute atomic E-state index is 0.0129. The molecule has 6 heterocycles. The van der Waals surface area contributed by atoms with Crippen molar-refractivity contribution in [3.63, 3.8) is 0 Å². The normalized spacial score (nSPS) is 23.9. The number of anilines is 1. The van der Waals surface area contributed by atoms with Crippen molar-refractivity contribution < 1.29 is 82.4 Å². The number of benzene rings is 2. The van der Waals surface area contributed by atoms with E-state index in [2.05, 4.69) is 16.0 Å². The molecule has 5 amide bonds. The van der Waals surface area contributed by atoms with Crippen LogP contribution in [0.15, 0.2) is 47.3 Å². The Morgan fingerprint density at radius 1 is 0.972 bits per heavy atom. The first-order chi connectivity index (χ1) is 33.8. The van der Waals surface area contributed by atoms with E-state index in [9.17, 15) is 63.9 Å². The molecule has 0 saturated carbocycles. The maximum atomic E-state index is 15.5. The predicted octanol–water partition coefficient (Wildman–Crippen LogP) is 0.0816. The number of hydrogen-bond donors (Lipinski definition) is 8. The lowest BCUT2D eigenvalue weighted by atomic mass is 9.81. The monoisotopic (exact) mass is 984 g/mol. The maximum absolute atomic E-state index is 15.5. The summed E-state index contributed by atoms with van der Waals surface area (Å²) in [5.74, 6) is -6.10. The summed E-state index contributed by atoms with van der Waals surface area (Å²) in [5, 5.41) is 60.4. The number of aromatic nitrogens is 2. The number of fused-ring (bicyclic) bond motifs is 5. The topological polar surface area (TPSA) is 332 Å². The molecule has 4 aromatic rings. The van der Waals surface area contributed by atoms with E-state index >= 15 is 4.39 Å². The number of hydrogen-bond acceptors (Lipinski definition) is 17. The van der Waals surface area contributed by atoms with Gasteiger partial charge >= 0.3 is 18.0 Å². The van der Waals surface area contributed by atoms with E-state index in [0.717, 1.165) is 17.1 Å². The largest absolute Gasteiger partial charge is 0.479 e. The number of amides is 5. The molecule has 1 aliphatic carbocycles. The van der Waals surface area contributed by atoms with Gasteiger partial charge in [0, 0.05) is 47.7 Å². The number of aliphatic carboxylic acids is 1. The highest BCUT2D eigenvalue weighted by atomic mass is 19.1. The van der Waals surface area contributed by atoms with Crippen molar-refractivity contribution >= 4 is 58.3 Å². The summed E-state index contributed by atoms with van der Waals surface area (Å²) in [4.78, 5) is 107. The van der Waals surface area contributed by atoms with E-state index in [1.165, 1.54) is 34.9 Å². The van der Waals surface area contributed by atoms with Crippen LogP contribution in [-0.4, -0.2) is 125 Å². The zero-order valence-electron chi connectivity index (χ0n) is 37.7. The number of nitrogens with zero attached hydrogens (tertiary/aromatic N) is 3. The smallest absolute Gasteiger partial charge is 0.407 e. The van der Waals surface area contributed by atoms with Crippen molar-refractivity contribution in [2.45, 2.75) is 102 Å². The fourth-order valence-corrected chi connectivity index (χ4v) is 9.50. The third-order valence-corrected chi connectivity index (χ3v) is 13.3. The summed E-state index contributed by atoms with van der Waals surface area (Å²) >= 11 is 0. The van der Waals surface area contributed by atoms with Crippen molar-refractivity contribution in [3.05, 3.63) is 97.6 Å². The van der Waals surface area contributed by atoms with E-state index in [4.69, 9.17) is 23.9 Å². The van der Waals surface area contributed by atoms with Gasteiger partial charge in [-0.05, 0) is 66.6 Å². The van der Waals surface area contributed by atoms with Gasteiger partial charge in [0.2, 0.25) is 18.1 Å². The summed E-state index contributed by atoms with van der Waals surface area (Å²) < 4.78 is 38.7. The third-order valence-electron chi connectivity index (χ3n) is 13.3. The van der Waals surface area contributed by atoms with E-state index in [1.807, 2.05) is 0 Å². The number of aliphatic hydroxyl groups is 4. The molecule has 372 valence electrons. The molecule has 9 rings (SSSR count). The number of halogens is 1. The Morgan fingerprint density at radius 2 is 1.72 bits per heavy atom. The van der Waals surface area contributed by atoms with E-state index < -0.39 is 109 Å². The number of alkyl carbamates (subject to hydrolysis) is 1. The average molecular weight is 985 g/mol. The molecule has 0 unspecified atom stereocenters. The Kier molecular flexibility index (Phi) is 12.7. The van der Waals surface area contributed by atoms with Crippen LogP contribution in [0.1, 0.15) is 71.2 Å². The molecule has 2 aromatic carbocycles. The second-order valence-electron chi connectivity index (χ2n) is 17.5. The van der Waals surface area contributed by atoms with Gasteiger partial charge in [-0.1, -0.05) is 13.0 Å². The second-order valence-corrected chi connectivity index (χ2v) is 17.5. The Hall–Kier alpha value is -7.64. The molecule has 23 nitrogen and oxygen atoms in total. The number of aliphatic hydroxyl groups excluding tert-OH is 3. The number of carboxylic acids is 1. The summed E-state index contributed by atoms with van der Waals surface area (Å²) in [6, 6.07) is 5.94. The molecule has 24 heteroatoms. The number of carboxylic acid groups (broad SMARTS) is 1. The zero-order valence-corrected chi connectivity index (χ0v) is 37.7. The van der Waals surface area contributed by atoms with Gasteiger partial charge in [0.15, 0.2) is 11.7 Å². The third kappa shape index (κ3) is 8.62. The lowest BCUT2D eigenvalue weighted by Crippen LogP contribution is -2.61. The van der Waals surface area contributed by atoms with Gasteiger partial charge in [-0.15, -0.1) is 0 Å². The van der Waals surface area contributed by atoms with Crippen LogP contribution in [0, 0.1) is 12.7 Å². The van der Waals surface area contributed by atoms with Gasteiger partial charge in [-0.25, -0.2) is 23.8 Å². The van der Waals surface area contributed by atoms with Crippen LogP contribution in [0.5, 0.6) is 5.75 Å². The lowest BCUT2D eigenvalue weighted by molar-refractivity contribution is -0.271. The molecule has 0 bridgehead atoms. The first-order valence-corrected chi connectivity index (χ1v) is 22.4. The fraction of sp³-hybridized carbons (Fsp3) is 0.383. The number of cyclic esters (lactones) is 1. The van der Waals surface area contributed by atoms with Gasteiger partial charge in [-0.3, -0.25) is 28.9 Å². The lowest BCUT2D eigenvalue weighted by Gasteiger charge is -2.38. The Bertz CT molecular complexity index is 3070. The molecule has 4 aliphatic heterocycles. The van der Waals surface area contributed by atoms with Crippen molar-refractivity contribution in [2.24, 2.45) is 0 Å². The van der Waals surface area contributed by atoms with E-state index in [1.54, 1.807) is 13.8 Å². The highest BCUT2D eigenvalue weighted by Crippen LogP contribution is 2.46. The second kappa shape index (κ2) is 18.6. The molecule has 7 atom stereocenters. The number of pyridine rings is 2. The first kappa shape index (κ1) is 48.4. The van der Waals surface area contributed by atoms with Gasteiger partial charge in [0.05, 0.1) is 47.3 Å². The van der Waals surface area contributed by atoms with Gasteiger partial charge in [0.1, 0.15) is 43.1 Å². The Labute approximate surface area is 399 Å². The number of imide groups is 1. The SMILES string of the molecule is CC[C@@]1(O)C(=O)OCc2c1cc1n(c2=O)Cc2c-1nc1cc(F)c(C)c3c1c2[C@@H](NC(=O)OCc1ccc(O[C@@H]2O[C@H](C(=O)O)[C@@H](O)[C@H](O)[C@H]2O)c(NC(=O)CNC(=O)CCN2C(=O)C=CC2=O)c1)CC3. The average Bonchev–Trinajstić information content (AvgIpc) is 3.88. The maximum Gasteiger partial charge on any atom is 0.407 e. The van der Waals surface area contributed by atoms with Crippen LogP contribution in [0.4, 0.5) is 14.9 Å². The van der Waals surface area contributed by atoms with Crippen molar-refractivity contribution in [2.75, 3.05) is 18.4 Å². The standard InChI is InChI=1S/C47H45FN6O17/c1-3-47(67)24-13-29-37-22(16-54(29)42(62)23(24)18-68-45(47)65)36-26(6-5-21-19(2)25(48)14-28(51-37)35(21)36)52-46(66)69-17-20-4-7-30(70-44-40(61)38(59)39(60)41(71-44)43(63)64)27(12-20)50-32(56)15-49-31(55)10-11-53-33(57)8-9-34(53)58/h4,7-9,12-14,26,38-41,44,59-61,67H,3,5-6,10-11,15-18H2,1-2H3,(H,49,55)(H,50,56)(H,52,66)(H,63,64)/t26-,38-,39-,40+,41-,44+,47-/m0/s1. The predicted molar refractivity (Wildman–Crippen MR) is 237 cm³/mol. The van der Waals surface area contributed by atoms with E-state index in [0.29, 0.717) is 39.8 Å². The van der Waals surface area contributed by atoms with Crippen molar-refractivity contribution in [3.8, 4) is 17.1 Å². The Balaban J connectivity index is 0.956. The van der Waals surface area contributed by atoms with Crippen LogP contribution in [-0.2, 0) is 74.8 Å². The zero-order chi connectivity index (χ0) is 50.8. The molecule has 2 aromatic heterocycles. The summed E-state index contributed by atoms with van der Waals surface area (Å²) in [6.07, 6.45) is -8.61. The number of aryl methyl sites for hydroxylation is 1. The number of carbonyl (C=O) groups is 7. The number of esters is 1. The molecule has 1 fully saturated rings. The molecule has 0 radical (unpaired) electrons. The molecule has 1 saturated heterocycles. The van der Waals surface area contributed by atoms with Crippen molar-refractivity contribution in [1.29, 1.82) is 0 Å². The van der Waals surface area contributed by atoms with Crippen LogP contribution in [0.3, 0.4) is 0 Å². The summed E-state index contributed by atoms with van der Waals surface area (Å²) in [6.45, 7) is 1.50. The molecular weight excluding hydrogens is 940 g/mol. The molecule has 71 heavy (non-hydrogen) atoms.